The van der Waals surface area contributed by atoms with Gasteiger partial charge in [0.2, 0.25) is 11.8 Å². The number of aliphatic hydroxyl groups is 1. The number of benzene rings is 1. The molecule has 2 rings (SSSR count). The van der Waals surface area contributed by atoms with Crippen molar-refractivity contribution < 1.29 is 33.8 Å². The summed E-state index contributed by atoms with van der Waals surface area (Å²) in [5.41, 5.74) is -0.883. The molecule has 0 aliphatic rings. The minimum absolute atomic E-state index is 0.128. The molecule has 0 saturated heterocycles. The summed E-state index contributed by atoms with van der Waals surface area (Å²) in [7, 11) is 2.84. The smallest absolute Gasteiger partial charge is 0.263 e. The van der Waals surface area contributed by atoms with E-state index in [1.807, 2.05) is 52.9 Å². The number of ether oxygens (including phenoxy) is 2. The number of carbonyl (C=O) groups is 4. The van der Waals surface area contributed by atoms with Gasteiger partial charge in [0.25, 0.3) is 5.91 Å². The molecule has 0 aliphatic carbocycles. The van der Waals surface area contributed by atoms with Crippen molar-refractivity contribution in [2.75, 3.05) is 31.9 Å². The van der Waals surface area contributed by atoms with Gasteiger partial charge >= 0.3 is 0 Å². The highest BCUT2D eigenvalue weighted by Gasteiger charge is 2.37. The number of thiazole rings is 1. The van der Waals surface area contributed by atoms with Crippen LogP contribution in [0.25, 0.3) is 0 Å². The summed E-state index contributed by atoms with van der Waals surface area (Å²) in [5, 5.41) is 19.3. The summed E-state index contributed by atoms with van der Waals surface area (Å²) < 4.78 is 10.4. The van der Waals surface area contributed by atoms with E-state index in [2.05, 4.69) is 20.9 Å². The van der Waals surface area contributed by atoms with Crippen LogP contribution in [0.3, 0.4) is 0 Å². The monoisotopic (exact) mass is 674 g/mol. The van der Waals surface area contributed by atoms with Crippen molar-refractivity contribution in [2.45, 2.75) is 50.4 Å². The average molecular weight is 675 g/mol. The van der Waals surface area contributed by atoms with Crippen molar-refractivity contribution >= 4 is 57.4 Å². The summed E-state index contributed by atoms with van der Waals surface area (Å²) in [6, 6.07) is 5.84. The molecule has 0 bridgehead atoms. The number of aryl methyl sites for hydroxylation is 1. The second-order valence-electron chi connectivity index (χ2n) is 9.09. The van der Waals surface area contributed by atoms with Gasteiger partial charge in [-0.25, -0.2) is 4.98 Å². The Morgan fingerprint density at radius 2 is 1.67 bits per heavy atom. The van der Waals surface area contributed by atoms with Crippen LogP contribution in [0.5, 0.6) is 0 Å². The third-order valence-electron chi connectivity index (χ3n) is 5.75. The largest absolute Gasteiger partial charge is 0.385 e. The van der Waals surface area contributed by atoms with E-state index in [0.29, 0.717) is 9.88 Å². The molecule has 0 fully saturated rings. The molecule has 214 valence electrons. The highest BCUT2D eigenvalue weighted by Crippen LogP contribution is 2.16. The van der Waals surface area contributed by atoms with E-state index in [-0.39, 0.29) is 30.5 Å². The van der Waals surface area contributed by atoms with Crippen molar-refractivity contribution in [2.24, 2.45) is 0 Å². The molecule has 0 spiro atoms. The van der Waals surface area contributed by atoms with Crippen molar-refractivity contribution in [1.29, 1.82) is 0 Å². The fourth-order valence-corrected chi connectivity index (χ4v) is 4.65. The van der Waals surface area contributed by atoms with E-state index in [4.69, 9.17) is 9.47 Å². The number of nitrogens with zero attached hydrogens (tertiary/aromatic N) is 1. The SMILES string of the molecule is COCC[C@H](NC(=O)c1cnc(C)s1)C(=O)N[C@@H](COC)C(=O)N[C@@H](Cc1ccccc1)C(=O)C(C)(O)CI. The zero-order valence-electron chi connectivity index (χ0n) is 22.4. The number of ketones is 1. The second-order valence-corrected chi connectivity index (χ2v) is 11.1. The van der Waals surface area contributed by atoms with Crippen LogP contribution in [0.2, 0.25) is 0 Å². The van der Waals surface area contributed by atoms with Gasteiger partial charge in [0.15, 0.2) is 5.78 Å². The number of halogens is 1. The number of carbonyl (C=O) groups excluding carboxylic acids is 4. The maximum atomic E-state index is 13.3. The summed E-state index contributed by atoms with van der Waals surface area (Å²) in [6.45, 7) is 3.15. The van der Waals surface area contributed by atoms with E-state index in [1.54, 1.807) is 6.92 Å². The molecule has 2 aromatic rings. The first-order valence-corrected chi connectivity index (χ1v) is 14.5. The van der Waals surface area contributed by atoms with Crippen LogP contribution in [0, 0.1) is 6.92 Å². The van der Waals surface area contributed by atoms with Crippen molar-refractivity contribution in [3.63, 3.8) is 0 Å². The van der Waals surface area contributed by atoms with Gasteiger partial charge in [-0.1, -0.05) is 52.9 Å². The molecule has 11 nitrogen and oxygen atoms in total. The Bertz CT molecular complexity index is 1110. The van der Waals surface area contributed by atoms with Crippen LogP contribution >= 0.6 is 33.9 Å². The summed E-state index contributed by atoms with van der Waals surface area (Å²) in [6.07, 6.45) is 1.73. The highest BCUT2D eigenvalue weighted by atomic mass is 127. The number of alkyl halides is 1. The molecule has 4 atom stereocenters. The number of amides is 3. The fraction of sp³-hybridized carbons (Fsp3) is 0.500. The Morgan fingerprint density at radius 3 is 2.23 bits per heavy atom. The molecule has 1 aromatic carbocycles. The standard InChI is InChI=1S/C26H35IN4O7S/c1-16-28-13-21(39-16)25(35)29-18(10-11-37-3)23(33)31-20(14-38-4)24(34)30-19(22(32)26(2,36)15-27)12-17-8-6-5-7-9-17/h5-9,13,18-20,36H,10-12,14-15H2,1-4H3,(H,29,35)(H,30,34)(H,31,33)/t18-,19-,20-,26?/m0/s1. The van der Waals surface area contributed by atoms with Crippen LogP contribution in [0.4, 0.5) is 0 Å². The number of aromatic nitrogens is 1. The van der Waals surface area contributed by atoms with E-state index < -0.39 is 47.2 Å². The van der Waals surface area contributed by atoms with E-state index in [0.717, 1.165) is 5.56 Å². The van der Waals surface area contributed by atoms with Crippen LogP contribution in [0.1, 0.15) is 33.6 Å². The third kappa shape index (κ3) is 10.2. The maximum Gasteiger partial charge on any atom is 0.263 e. The number of Topliss-reactive ketones (excluding diaryl/α,β-unsaturated/α-hetero) is 1. The lowest BCUT2D eigenvalue weighted by Gasteiger charge is -2.28. The lowest BCUT2D eigenvalue weighted by molar-refractivity contribution is -0.139. The Labute approximate surface area is 245 Å². The van der Waals surface area contributed by atoms with Crippen LogP contribution < -0.4 is 16.0 Å². The number of hydrogen-bond acceptors (Lipinski definition) is 9. The van der Waals surface area contributed by atoms with Crippen LogP contribution in [0.15, 0.2) is 36.5 Å². The van der Waals surface area contributed by atoms with E-state index in [1.165, 1.54) is 38.7 Å². The number of hydrogen-bond donors (Lipinski definition) is 4. The topological polar surface area (TPSA) is 156 Å². The quantitative estimate of drug-likeness (QED) is 0.153. The third-order valence-corrected chi connectivity index (χ3v) is 8.15. The number of methoxy groups -OCH3 is 2. The van der Waals surface area contributed by atoms with Gasteiger partial charge in [-0.3, -0.25) is 19.2 Å². The Hall–Kier alpha value is -2.46. The molecule has 39 heavy (non-hydrogen) atoms. The van der Waals surface area contributed by atoms with E-state index >= 15 is 0 Å². The summed E-state index contributed by atoms with van der Waals surface area (Å²) in [5.74, 6) is -2.32. The van der Waals surface area contributed by atoms with Gasteiger partial charge in [-0.15, -0.1) is 11.3 Å². The summed E-state index contributed by atoms with van der Waals surface area (Å²) in [4.78, 5) is 56.7. The highest BCUT2D eigenvalue weighted by molar-refractivity contribution is 14.1. The normalized spacial score (nSPS) is 14.9. The fourth-order valence-electron chi connectivity index (χ4n) is 3.59. The lowest BCUT2D eigenvalue weighted by Crippen LogP contribution is -2.59. The zero-order chi connectivity index (χ0) is 29.0. The minimum atomic E-state index is -1.67. The predicted molar refractivity (Wildman–Crippen MR) is 155 cm³/mol. The Balaban J connectivity index is 2.20. The van der Waals surface area contributed by atoms with Gasteiger partial charge in [-0.05, 0) is 32.3 Å². The summed E-state index contributed by atoms with van der Waals surface area (Å²) >= 11 is 3.10. The average Bonchev–Trinajstić information content (AvgIpc) is 3.36. The molecule has 0 aliphatic heterocycles. The first-order valence-electron chi connectivity index (χ1n) is 12.2. The predicted octanol–water partition coefficient (Wildman–Crippen LogP) is 1.20. The van der Waals surface area contributed by atoms with E-state index in [9.17, 15) is 24.3 Å². The van der Waals surface area contributed by atoms with Crippen molar-refractivity contribution in [3.05, 3.63) is 52.0 Å². The molecule has 13 heteroatoms. The zero-order valence-corrected chi connectivity index (χ0v) is 25.3. The lowest BCUT2D eigenvalue weighted by atomic mass is 9.92. The molecular formula is C26H35IN4O7S. The molecule has 1 heterocycles. The van der Waals surface area contributed by atoms with Gasteiger partial charge < -0.3 is 30.5 Å². The molecule has 1 unspecified atom stereocenters. The first kappa shape index (κ1) is 32.8. The molecular weight excluding hydrogens is 639 g/mol. The molecule has 1 aromatic heterocycles. The van der Waals surface area contributed by atoms with Gasteiger partial charge in [0.1, 0.15) is 22.6 Å². The molecule has 4 N–H and O–H groups in total. The number of rotatable bonds is 16. The Morgan fingerprint density at radius 1 is 1.03 bits per heavy atom. The molecule has 0 radical (unpaired) electrons. The minimum Gasteiger partial charge on any atom is -0.385 e. The van der Waals surface area contributed by atoms with Crippen LogP contribution in [-0.2, 0) is 30.3 Å². The first-order chi connectivity index (χ1) is 18.5. The van der Waals surface area contributed by atoms with Crippen LogP contribution in [-0.4, -0.2) is 89.2 Å². The van der Waals surface area contributed by atoms with Gasteiger partial charge in [0, 0.05) is 25.3 Å². The molecule has 3 amide bonds. The second kappa shape index (κ2) is 16.0. The van der Waals surface area contributed by atoms with Crippen molar-refractivity contribution in [3.8, 4) is 0 Å². The van der Waals surface area contributed by atoms with Gasteiger partial charge in [-0.2, -0.15) is 0 Å². The van der Waals surface area contributed by atoms with Crippen molar-refractivity contribution in [1.82, 2.24) is 20.9 Å². The Kier molecular flexibility index (Phi) is 13.4. The maximum absolute atomic E-state index is 13.3. The molecule has 0 saturated carbocycles. The number of nitrogens with one attached hydrogen (secondary N) is 3. The van der Waals surface area contributed by atoms with Gasteiger partial charge in [0.05, 0.1) is 23.9 Å².